The van der Waals surface area contributed by atoms with Crippen LogP contribution in [0.3, 0.4) is 0 Å². The van der Waals surface area contributed by atoms with Crippen molar-refractivity contribution >= 4 is 5.91 Å². The average Bonchev–Trinajstić information content (AvgIpc) is 2.69. The van der Waals surface area contributed by atoms with E-state index in [1.54, 1.807) is 4.68 Å². The second-order valence-corrected chi connectivity index (χ2v) is 5.48. The summed E-state index contributed by atoms with van der Waals surface area (Å²) in [5, 5.41) is 16.8. The van der Waals surface area contributed by atoms with E-state index in [0.717, 1.165) is 18.5 Å². The molecule has 0 saturated heterocycles. The van der Waals surface area contributed by atoms with Crippen molar-refractivity contribution in [3.05, 3.63) is 11.4 Å². The molecule has 0 aliphatic rings. The van der Waals surface area contributed by atoms with Crippen LogP contribution in [0.5, 0.6) is 0 Å². The van der Waals surface area contributed by atoms with Gasteiger partial charge >= 0.3 is 0 Å². The summed E-state index contributed by atoms with van der Waals surface area (Å²) < 4.78 is 1.75. The minimum Gasteiger partial charge on any atom is -0.396 e. The molecule has 1 amide bonds. The summed E-state index contributed by atoms with van der Waals surface area (Å²) >= 11 is 0. The highest BCUT2D eigenvalue weighted by molar-refractivity contribution is 5.91. The van der Waals surface area contributed by atoms with Crippen LogP contribution in [0, 0.1) is 11.8 Å². The van der Waals surface area contributed by atoms with Crippen molar-refractivity contribution < 1.29 is 9.90 Å². The molecule has 1 atom stereocenters. The number of aliphatic hydroxyl groups excluding tert-OH is 1. The summed E-state index contributed by atoms with van der Waals surface area (Å²) in [7, 11) is 0. The lowest BCUT2D eigenvalue weighted by Crippen LogP contribution is -2.17. The normalized spacial score (nSPS) is 12.9. The topological polar surface area (TPSA) is 94.0 Å². The molecule has 0 saturated carbocycles. The van der Waals surface area contributed by atoms with E-state index in [2.05, 4.69) is 24.2 Å². The van der Waals surface area contributed by atoms with Crippen molar-refractivity contribution in [3.63, 3.8) is 0 Å². The fraction of sp³-hybridized carbons (Fsp3) is 0.769. The van der Waals surface area contributed by atoms with Crippen LogP contribution in [-0.4, -0.2) is 32.6 Å². The highest BCUT2D eigenvalue weighted by Crippen LogP contribution is 2.14. The molecular weight excluding hydrogens is 244 g/mol. The molecular formula is C13H24N4O2. The number of primary amides is 1. The van der Waals surface area contributed by atoms with Crippen LogP contribution in [0.15, 0.2) is 0 Å². The maximum absolute atomic E-state index is 11.4. The third-order valence-corrected chi connectivity index (χ3v) is 3.14. The zero-order chi connectivity index (χ0) is 14.4. The third kappa shape index (κ3) is 4.63. The quantitative estimate of drug-likeness (QED) is 0.735. The van der Waals surface area contributed by atoms with Crippen LogP contribution in [0.1, 0.15) is 49.8 Å². The lowest BCUT2D eigenvalue weighted by molar-refractivity contribution is 0.0994. The maximum Gasteiger partial charge on any atom is 0.271 e. The van der Waals surface area contributed by atoms with Crippen LogP contribution < -0.4 is 5.73 Å². The summed E-state index contributed by atoms with van der Waals surface area (Å²) in [6.07, 6.45) is 2.41. The molecule has 0 bridgehead atoms. The lowest BCUT2D eigenvalue weighted by Gasteiger charge is -2.13. The molecule has 19 heavy (non-hydrogen) atoms. The number of aliphatic hydroxyl groups is 1. The third-order valence-electron chi connectivity index (χ3n) is 3.14. The molecule has 0 spiro atoms. The maximum atomic E-state index is 11.4. The van der Waals surface area contributed by atoms with Crippen molar-refractivity contribution in [1.82, 2.24) is 15.0 Å². The number of hydrogen-bond acceptors (Lipinski definition) is 4. The average molecular weight is 268 g/mol. The lowest BCUT2D eigenvalue weighted by atomic mass is 10.0. The molecule has 0 aromatic carbocycles. The summed E-state index contributed by atoms with van der Waals surface area (Å²) in [5.41, 5.74) is 6.41. The Balaban J connectivity index is 2.87. The highest BCUT2D eigenvalue weighted by Gasteiger charge is 2.18. The van der Waals surface area contributed by atoms with E-state index in [4.69, 9.17) is 10.8 Å². The number of amides is 1. The molecule has 1 aromatic rings. The van der Waals surface area contributed by atoms with Gasteiger partial charge in [-0.15, -0.1) is 5.10 Å². The summed E-state index contributed by atoms with van der Waals surface area (Å²) in [6, 6.07) is 0. The van der Waals surface area contributed by atoms with E-state index in [0.29, 0.717) is 18.9 Å². The van der Waals surface area contributed by atoms with Gasteiger partial charge in [0.15, 0.2) is 5.69 Å². The number of hydrogen-bond donors (Lipinski definition) is 2. The Morgan fingerprint density at radius 3 is 2.58 bits per heavy atom. The number of rotatable bonds is 8. The molecule has 0 fully saturated rings. The summed E-state index contributed by atoms with van der Waals surface area (Å²) in [5.74, 6) is 0.295. The van der Waals surface area contributed by atoms with Crippen molar-refractivity contribution in [2.75, 3.05) is 6.61 Å². The monoisotopic (exact) mass is 268 g/mol. The molecule has 3 N–H and O–H groups in total. The van der Waals surface area contributed by atoms with E-state index >= 15 is 0 Å². The summed E-state index contributed by atoms with van der Waals surface area (Å²) in [4.78, 5) is 11.4. The van der Waals surface area contributed by atoms with Gasteiger partial charge in [0.25, 0.3) is 5.91 Å². The van der Waals surface area contributed by atoms with E-state index in [9.17, 15) is 4.79 Å². The molecule has 0 aliphatic heterocycles. The molecule has 1 unspecified atom stereocenters. The van der Waals surface area contributed by atoms with Gasteiger partial charge in [-0.1, -0.05) is 26.0 Å². The van der Waals surface area contributed by atoms with Gasteiger partial charge < -0.3 is 10.8 Å². The first-order valence-corrected chi connectivity index (χ1v) is 6.78. The number of aromatic nitrogens is 3. The molecule has 0 aliphatic carbocycles. The minimum atomic E-state index is -0.528. The SMILES string of the molecule is CC(C)CCc1c(C(N)=O)nnn1CC(C)CCO. The second-order valence-electron chi connectivity index (χ2n) is 5.48. The van der Waals surface area contributed by atoms with E-state index in [1.165, 1.54) is 0 Å². The van der Waals surface area contributed by atoms with Crippen LogP contribution in [0.2, 0.25) is 0 Å². The molecule has 108 valence electrons. The molecule has 6 nitrogen and oxygen atoms in total. The number of nitrogens with zero attached hydrogens (tertiary/aromatic N) is 3. The highest BCUT2D eigenvalue weighted by atomic mass is 16.3. The smallest absolute Gasteiger partial charge is 0.271 e. The first kappa shape index (κ1) is 15.6. The van der Waals surface area contributed by atoms with Gasteiger partial charge in [0.1, 0.15) is 0 Å². The van der Waals surface area contributed by atoms with Crippen LogP contribution in [0.4, 0.5) is 0 Å². The van der Waals surface area contributed by atoms with Gasteiger partial charge in [-0.3, -0.25) is 4.79 Å². The Morgan fingerprint density at radius 2 is 2.05 bits per heavy atom. The fourth-order valence-corrected chi connectivity index (χ4v) is 1.95. The Labute approximate surface area is 114 Å². The van der Waals surface area contributed by atoms with Crippen LogP contribution in [0.25, 0.3) is 0 Å². The van der Waals surface area contributed by atoms with E-state index in [1.807, 2.05) is 6.92 Å². The van der Waals surface area contributed by atoms with Crippen molar-refractivity contribution in [1.29, 1.82) is 0 Å². The van der Waals surface area contributed by atoms with Crippen molar-refractivity contribution in [3.8, 4) is 0 Å². The van der Waals surface area contributed by atoms with E-state index < -0.39 is 5.91 Å². The Morgan fingerprint density at radius 1 is 1.37 bits per heavy atom. The zero-order valence-corrected chi connectivity index (χ0v) is 12.0. The molecule has 1 heterocycles. The molecule has 1 aromatic heterocycles. The number of carbonyl (C=O) groups excluding carboxylic acids is 1. The Hall–Kier alpha value is -1.43. The molecule has 6 heteroatoms. The fourth-order valence-electron chi connectivity index (χ4n) is 1.95. The van der Waals surface area contributed by atoms with Gasteiger partial charge in [0.2, 0.25) is 0 Å². The number of nitrogens with two attached hydrogens (primary N) is 1. The minimum absolute atomic E-state index is 0.153. The zero-order valence-electron chi connectivity index (χ0n) is 12.0. The van der Waals surface area contributed by atoms with E-state index in [-0.39, 0.29) is 18.2 Å². The van der Waals surface area contributed by atoms with Crippen molar-refractivity contribution in [2.24, 2.45) is 17.6 Å². The van der Waals surface area contributed by atoms with Crippen LogP contribution in [-0.2, 0) is 13.0 Å². The first-order chi connectivity index (χ1) is 8.95. The predicted octanol–water partition coefficient (Wildman–Crippen LogP) is 0.984. The van der Waals surface area contributed by atoms with Gasteiger partial charge in [-0.2, -0.15) is 0 Å². The number of carbonyl (C=O) groups is 1. The molecule has 0 radical (unpaired) electrons. The van der Waals surface area contributed by atoms with Crippen molar-refractivity contribution in [2.45, 2.75) is 46.6 Å². The standard InChI is InChI=1S/C13H24N4O2/c1-9(2)4-5-11-12(13(14)19)15-16-17(11)8-10(3)6-7-18/h9-10,18H,4-8H2,1-3H3,(H2,14,19). The Kier molecular flexibility index (Phi) is 5.95. The van der Waals surface area contributed by atoms with Gasteiger partial charge in [0, 0.05) is 13.2 Å². The largest absolute Gasteiger partial charge is 0.396 e. The van der Waals surface area contributed by atoms with Crippen LogP contribution >= 0.6 is 0 Å². The van der Waals surface area contributed by atoms with Gasteiger partial charge in [-0.05, 0) is 31.1 Å². The Bertz CT molecular complexity index is 415. The summed E-state index contributed by atoms with van der Waals surface area (Å²) in [6.45, 7) is 7.10. The first-order valence-electron chi connectivity index (χ1n) is 6.78. The second kappa shape index (κ2) is 7.23. The van der Waals surface area contributed by atoms with Gasteiger partial charge in [0.05, 0.1) is 5.69 Å². The molecule has 1 rings (SSSR count). The predicted molar refractivity (Wildman–Crippen MR) is 72.6 cm³/mol. The van der Waals surface area contributed by atoms with Gasteiger partial charge in [-0.25, -0.2) is 4.68 Å².